The van der Waals surface area contributed by atoms with Crippen LogP contribution in [-0.4, -0.2) is 51.6 Å². The van der Waals surface area contributed by atoms with Crippen molar-refractivity contribution < 1.29 is 33.3 Å². The highest BCUT2D eigenvalue weighted by atomic mass is 16.7. The molecule has 0 radical (unpaired) electrons. The summed E-state index contributed by atoms with van der Waals surface area (Å²) in [6.07, 6.45) is -0.404. The Kier molecular flexibility index (Phi) is 11.8. The Hall–Kier alpha value is -4.82. The monoisotopic (exact) mass is 597 g/mol. The first-order chi connectivity index (χ1) is 21.4. The number of nitrogens with one attached hydrogen (secondary N) is 1. The fourth-order valence-electron chi connectivity index (χ4n) is 4.72. The average molecular weight is 598 g/mol. The predicted molar refractivity (Wildman–Crippen MR) is 169 cm³/mol. The van der Waals surface area contributed by atoms with Gasteiger partial charge in [-0.05, 0) is 97.1 Å². The van der Waals surface area contributed by atoms with E-state index in [1.807, 2.05) is 80.6 Å². The highest BCUT2D eigenvalue weighted by Gasteiger charge is 2.22. The summed E-state index contributed by atoms with van der Waals surface area (Å²) in [7, 11) is 1.60. The van der Waals surface area contributed by atoms with Gasteiger partial charge in [-0.1, -0.05) is 42.5 Å². The molecule has 1 atom stereocenters. The van der Waals surface area contributed by atoms with Gasteiger partial charge in [-0.15, -0.1) is 0 Å². The van der Waals surface area contributed by atoms with Crippen LogP contribution in [0.3, 0.4) is 0 Å². The van der Waals surface area contributed by atoms with Gasteiger partial charge in [0.05, 0.1) is 13.2 Å². The van der Waals surface area contributed by atoms with Crippen molar-refractivity contribution in [2.24, 2.45) is 0 Å². The summed E-state index contributed by atoms with van der Waals surface area (Å²) in [5.41, 5.74) is 5.58. The van der Waals surface area contributed by atoms with Gasteiger partial charge in [0.2, 0.25) is 0 Å². The van der Waals surface area contributed by atoms with Crippen molar-refractivity contribution in [1.82, 2.24) is 5.32 Å². The van der Waals surface area contributed by atoms with Crippen LogP contribution in [-0.2, 0) is 20.7 Å². The summed E-state index contributed by atoms with van der Waals surface area (Å²) in [5.74, 6) is 1.51. The van der Waals surface area contributed by atoms with Gasteiger partial charge in [0.15, 0.2) is 12.9 Å². The third-order valence-electron chi connectivity index (χ3n) is 6.83. The van der Waals surface area contributed by atoms with Crippen LogP contribution in [0.15, 0.2) is 91.0 Å². The topological polar surface area (TPSA) is 92.3 Å². The maximum atomic E-state index is 12.7. The third kappa shape index (κ3) is 9.09. The van der Waals surface area contributed by atoms with E-state index in [-0.39, 0.29) is 19.3 Å². The second kappa shape index (κ2) is 16.1. The van der Waals surface area contributed by atoms with Crippen LogP contribution in [0, 0.1) is 13.8 Å². The van der Waals surface area contributed by atoms with Crippen molar-refractivity contribution in [3.63, 3.8) is 0 Å². The van der Waals surface area contributed by atoms with Crippen molar-refractivity contribution in [3.05, 3.63) is 113 Å². The van der Waals surface area contributed by atoms with E-state index in [1.165, 1.54) is 0 Å². The van der Waals surface area contributed by atoms with Gasteiger partial charge in [0.25, 0.3) is 5.91 Å². The number of rotatable bonds is 15. The third-order valence-corrected chi connectivity index (χ3v) is 6.83. The molecule has 0 fully saturated rings. The number of amides is 1. The number of ether oxygens (including phenoxy) is 5. The van der Waals surface area contributed by atoms with E-state index in [9.17, 15) is 9.59 Å². The van der Waals surface area contributed by atoms with E-state index in [2.05, 4.69) is 17.4 Å². The Labute approximate surface area is 258 Å². The van der Waals surface area contributed by atoms with Crippen LogP contribution in [0.1, 0.15) is 34.0 Å². The van der Waals surface area contributed by atoms with Crippen LogP contribution in [0.5, 0.6) is 17.2 Å². The quantitative estimate of drug-likeness (QED) is 0.0975. The zero-order chi connectivity index (χ0) is 31.3. The molecule has 1 N–H and O–H groups in total. The maximum absolute atomic E-state index is 12.7. The first-order valence-electron chi connectivity index (χ1n) is 14.6. The van der Waals surface area contributed by atoms with E-state index < -0.39 is 12.1 Å². The molecular formula is C36H39NO7. The minimum Gasteiger partial charge on any atom is -0.492 e. The Balaban J connectivity index is 1.25. The Morgan fingerprint density at radius 3 is 2.11 bits per heavy atom. The molecule has 0 bridgehead atoms. The molecule has 0 spiro atoms. The zero-order valence-electron chi connectivity index (χ0n) is 25.6. The smallest absolute Gasteiger partial charge is 0.347 e. The van der Waals surface area contributed by atoms with Gasteiger partial charge in [0.1, 0.15) is 23.9 Å². The molecule has 1 amide bonds. The van der Waals surface area contributed by atoms with Crippen molar-refractivity contribution in [2.75, 3.05) is 33.7 Å². The van der Waals surface area contributed by atoms with Crippen molar-refractivity contribution in [3.8, 4) is 28.4 Å². The highest BCUT2D eigenvalue weighted by Crippen LogP contribution is 2.30. The maximum Gasteiger partial charge on any atom is 0.347 e. The number of carbonyl (C=O) groups is 2. The van der Waals surface area contributed by atoms with E-state index in [0.717, 1.165) is 33.6 Å². The number of carbonyl (C=O) groups excluding carboxylic acids is 2. The summed E-state index contributed by atoms with van der Waals surface area (Å²) in [5, 5.41) is 2.90. The fourth-order valence-corrected chi connectivity index (χ4v) is 4.72. The van der Waals surface area contributed by atoms with Gasteiger partial charge in [-0.25, -0.2) is 4.79 Å². The first kappa shape index (κ1) is 32.1. The van der Waals surface area contributed by atoms with Crippen LogP contribution >= 0.6 is 0 Å². The van der Waals surface area contributed by atoms with Crippen LogP contribution in [0.4, 0.5) is 0 Å². The number of benzene rings is 4. The summed E-state index contributed by atoms with van der Waals surface area (Å²) in [6, 6.07) is 28.3. The van der Waals surface area contributed by atoms with Gasteiger partial charge >= 0.3 is 5.97 Å². The second-order valence-corrected chi connectivity index (χ2v) is 10.2. The lowest BCUT2D eigenvalue weighted by atomic mass is 9.99. The summed E-state index contributed by atoms with van der Waals surface area (Å²) in [4.78, 5) is 25.2. The van der Waals surface area contributed by atoms with Gasteiger partial charge < -0.3 is 29.0 Å². The van der Waals surface area contributed by atoms with Crippen molar-refractivity contribution >= 4 is 11.9 Å². The molecule has 0 saturated heterocycles. The Bertz CT molecular complexity index is 1480. The summed E-state index contributed by atoms with van der Waals surface area (Å²) >= 11 is 0. The largest absolute Gasteiger partial charge is 0.492 e. The zero-order valence-corrected chi connectivity index (χ0v) is 25.6. The number of para-hydroxylation sites is 1. The average Bonchev–Trinajstić information content (AvgIpc) is 3.03. The summed E-state index contributed by atoms with van der Waals surface area (Å²) < 4.78 is 27.6. The second-order valence-electron chi connectivity index (χ2n) is 10.2. The van der Waals surface area contributed by atoms with Gasteiger partial charge in [-0.2, -0.15) is 0 Å². The molecule has 230 valence electrons. The lowest BCUT2D eigenvalue weighted by Gasteiger charge is -2.18. The standard InChI is InChI=1S/C36H39NO7/c1-5-41-36(39)33(44-32-9-7-6-8-10-32)23-27-11-17-31(18-12-27)42-20-19-37-35(38)29-15-13-28(14-16-29)30-21-25(2)34(26(3)22-30)43-24-40-4/h6-18,21-22,33H,5,19-20,23-24H2,1-4H3,(H,37,38). The lowest BCUT2D eigenvalue weighted by molar-refractivity contribution is -0.151. The minimum atomic E-state index is -0.761. The van der Waals surface area contributed by atoms with E-state index in [4.69, 9.17) is 23.7 Å². The normalized spacial score (nSPS) is 11.4. The highest BCUT2D eigenvalue weighted by molar-refractivity contribution is 5.94. The summed E-state index contributed by atoms with van der Waals surface area (Å²) in [6.45, 7) is 6.91. The van der Waals surface area contributed by atoms with Crippen LogP contribution in [0.25, 0.3) is 11.1 Å². The van der Waals surface area contributed by atoms with Crippen molar-refractivity contribution in [1.29, 1.82) is 0 Å². The molecule has 44 heavy (non-hydrogen) atoms. The van der Waals surface area contributed by atoms with Gasteiger partial charge in [-0.3, -0.25) is 4.79 Å². The van der Waals surface area contributed by atoms with Crippen molar-refractivity contribution in [2.45, 2.75) is 33.3 Å². The molecular weight excluding hydrogens is 558 g/mol. The van der Waals surface area contributed by atoms with Crippen LogP contribution in [0.2, 0.25) is 0 Å². The van der Waals surface area contributed by atoms with E-state index >= 15 is 0 Å². The molecule has 0 aromatic heterocycles. The first-order valence-corrected chi connectivity index (χ1v) is 14.6. The van der Waals surface area contributed by atoms with Gasteiger partial charge in [0, 0.05) is 19.1 Å². The van der Waals surface area contributed by atoms with E-state index in [0.29, 0.717) is 36.6 Å². The van der Waals surface area contributed by atoms with E-state index in [1.54, 1.807) is 26.2 Å². The molecule has 8 nitrogen and oxygen atoms in total. The Morgan fingerprint density at radius 2 is 1.48 bits per heavy atom. The molecule has 0 saturated carbocycles. The molecule has 1 unspecified atom stereocenters. The molecule has 0 heterocycles. The minimum absolute atomic E-state index is 0.172. The molecule has 4 aromatic carbocycles. The fraction of sp³-hybridized carbons (Fsp3) is 0.278. The lowest BCUT2D eigenvalue weighted by Crippen LogP contribution is -2.31. The number of hydrogen-bond acceptors (Lipinski definition) is 7. The molecule has 0 aliphatic heterocycles. The predicted octanol–water partition coefficient (Wildman–Crippen LogP) is 6.32. The number of esters is 1. The molecule has 4 aromatic rings. The Morgan fingerprint density at radius 1 is 0.795 bits per heavy atom. The molecule has 8 heteroatoms. The molecule has 0 aliphatic carbocycles. The number of methoxy groups -OCH3 is 1. The SMILES string of the molecule is CCOC(=O)C(Cc1ccc(OCCNC(=O)c2ccc(-c3cc(C)c(OCOC)c(C)c3)cc2)cc1)Oc1ccccc1. The van der Waals surface area contributed by atoms with Crippen LogP contribution < -0.4 is 19.5 Å². The number of aryl methyl sites for hydroxylation is 2. The molecule has 4 rings (SSSR count). The number of hydrogen-bond donors (Lipinski definition) is 1. The molecule has 0 aliphatic rings.